The Morgan fingerprint density at radius 2 is 2.14 bits per heavy atom. The van der Waals surface area contributed by atoms with Gasteiger partial charge < -0.3 is 4.52 Å². The molecule has 0 aliphatic carbocycles. The third-order valence-electron chi connectivity index (χ3n) is 4.07. The Balaban J connectivity index is 1.78. The summed E-state index contributed by atoms with van der Waals surface area (Å²) in [6, 6.07) is 4.10. The van der Waals surface area contributed by atoms with E-state index in [0.29, 0.717) is 18.3 Å². The van der Waals surface area contributed by atoms with Crippen LogP contribution < -0.4 is 0 Å². The first kappa shape index (κ1) is 15.1. The van der Waals surface area contributed by atoms with Crippen LogP contribution in [0.4, 0.5) is 8.78 Å². The maximum Gasteiger partial charge on any atom is 0.244 e. The van der Waals surface area contributed by atoms with Gasteiger partial charge in [0.2, 0.25) is 5.89 Å². The summed E-state index contributed by atoms with van der Waals surface area (Å²) in [7, 11) is 0. The van der Waals surface area contributed by atoms with Crippen molar-refractivity contribution in [2.75, 3.05) is 6.54 Å². The van der Waals surface area contributed by atoms with Gasteiger partial charge in [0.25, 0.3) is 0 Å². The number of likely N-dealkylation sites (tertiary alicyclic amines) is 1. The summed E-state index contributed by atoms with van der Waals surface area (Å²) in [6.07, 6.45) is 3.85. The minimum atomic E-state index is -0.816. The molecule has 118 valence electrons. The second kappa shape index (κ2) is 6.52. The molecule has 1 fully saturated rings. The molecular formula is C16H19F2N3O. The highest BCUT2D eigenvalue weighted by Crippen LogP contribution is 2.31. The summed E-state index contributed by atoms with van der Waals surface area (Å²) in [6.45, 7) is 3.41. The number of piperidine rings is 1. The average Bonchev–Trinajstić information content (AvgIpc) is 3.00. The highest BCUT2D eigenvalue weighted by molar-refractivity contribution is 5.18. The van der Waals surface area contributed by atoms with Gasteiger partial charge in [0, 0.05) is 13.0 Å². The molecule has 3 rings (SSSR count). The van der Waals surface area contributed by atoms with E-state index in [0.717, 1.165) is 37.8 Å². The van der Waals surface area contributed by atoms with Gasteiger partial charge in [-0.15, -0.1) is 0 Å². The lowest BCUT2D eigenvalue weighted by molar-refractivity contribution is 0.111. The Morgan fingerprint density at radius 3 is 2.86 bits per heavy atom. The van der Waals surface area contributed by atoms with E-state index < -0.39 is 11.6 Å². The number of hydrogen-bond acceptors (Lipinski definition) is 4. The Morgan fingerprint density at radius 1 is 1.27 bits per heavy atom. The smallest absolute Gasteiger partial charge is 0.244 e. The molecule has 4 nitrogen and oxygen atoms in total. The fraction of sp³-hybridized carbons (Fsp3) is 0.500. The molecule has 1 aromatic heterocycles. The molecule has 0 saturated carbocycles. The standard InChI is InChI=1S/C16H19F2N3O/c1-2-15-19-16(22-20-15)14-5-3-4-8-21(14)10-11-6-7-12(17)13(18)9-11/h6-7,9,14H,2-5,8,10H2,1H3. The summed E-state index contributed by atoms with van der Waals surface area (Å²) in [4.78, 5) is 6.62. The molecule has 0 N–H and O–H groups in total. The number of hydrogen-bond donors (Lipinski definition) is 0. The number of rotatable bonds is 4. The first-order valence-corrected chi connectivity index (χ1v) is 7.68. The molecule has 2 aromatic rings. The van der Waals surface area contributed by atoms with Crippen LogP contribution in [-0.4, -0.2) is 21.6 Å². The van der Waals surface area contributed by atoms with Gasteiger partial charge in [0.1, 0.15) is 0 Å². The van der Waals surface area contributed by atoms with E-state index >= 15 is 0 Å². The third kappa shape index (κ3) is 3.16. The monoisotopic (exact) mass is 307 g/mol. The van der Waals surface area contributed by atoms with E-state index in [1.54, 1.807) is 6.07 Å². The highest BCUT2D eigenvalue weighted by Gasteiger charge is 2.28. The zero-order valence-corrected chi connectivity index (χ0v) is 12.6. The molecule has 0 amide bonds. The van der Waals surface area contributed by atoms with Crippen LogP contribution in [0.2, 0.25) is 0 Å². The number of aromatic nitrogens is 2. The minimum Gasteiger partial charge on any atom is -0.338 e. The molecule has 1 unspecified atom stereocenters. The van der Waals surface area contributed by atoms with Crippen molar-refractivity contribution in [2.45, 2.75) is 45.2 Å². The van der Waals surface area contributed by atoms with Gasteiger partial charge in [-0.2, -0.15) is 4.98 Å². The van der Waals surface area contributed by atoms with Crippen molar-refractivity contribution >= 4 is 0 Å². The third-order valence-corrected chi connectivity index (χ3v) is 4.07. The highest BCUT2D eigenvalue weighted by atomic mass is 19.2. The van der Waals surface area contributed by atoms with Crippen LogP contribution >= 0.6 is 0 Å². The second-order valence-corrected chi connectivity index (χ2v) is 5.63. The SMILES string of the molecule is CCc1noc(C2CCCCN2Cc2ccc(F)c(F)c2)n1. The maximum atomic E-state index is 13.4. The molecule has 1 aliphatic heterocycles. The topological polar surface area (TPSA) is 42.2 Å². The van der Waals surface area contributed by atoms with Crippen LogP contribution in [0.1, 0.15) is 49.5 Å². The first-order valence-electron chi connectivity index (χ1n) is 7.68. The number of halogens is 2. The predicted octanol–water partition coefficient (Wildman–Crippen LogP) is 3.64. The van der Waals surface area contributed by atoms with E-state index in [-0.39, 0.29) is 6.04 Å². The average molecular weight is 307 g/mol. The van der Waals surface area contributed by atoms with Gasteiger partial charge in [0.15, 0.2) is 17.5 Å². The van der Waals surface area contributed by atoms with Crippen molar-refractivity contribution in [1.29, 1.82) is 0 Å². The summed E-state index contributed by atoms with van der Waals surface area (Å²) in [5.74, 6) is -0.298. The summed E-state index contributed by atoms with van der Waals surface area (Å²) in [5, 5.41) is 3.95. The van der Waals surface area contributed by atoms with Crippen molar-refractivity contribution in [3.63, 3.8) is 0 Å². The Kier molecular flexibility index (Phi) is 4.47. The summed E-state index contributed by atoms with van der Waals surface area (Å²) >= 11 is 0. The molecule has 1 aliphatic rings. The molecule has 0 bridgehead atoms. The van der Waals surface area contributed by atoms with Crippen LogP contribution in [0, 0.1) is 11.6 Å². The van der Waals surface area contributed by atoms with Gasteiger partial charge in [-0.25, -0.2) is 8.78 Å². The van der Waals surface area contributed by atoms with Gasteiger partial charge in [-0.1, -0.05) is 24.6 Å². The quantitative estimate of drug-likeness (QED) is 0.865. The molecule has 2 heterocycles. The maximum absolute atomic E-state index is 13.4. The van der Waals surface area contributed by atoms with Crippen LogP contribution in [0.3, 0.4) is 0 Å². The lowest BCUT2D eigenvalue weighted by atomic mass is 10.0. The molecule has 22 heavy (non-hydrogen) atoms. The Hall–Kier alpha value is -1.82. The van der Waals surface area contributed by atoms with Gasteiger partial charge in [0.05, 0.1) is 6.04 Å². The van der Waals surface area contributed by atoms with Crippen molar-refractivity contribution in [3.05, 3.63) is 47.1 Å². The predicted molar refractivity (Wildman–Crippen MR) is 77.0 cm³/mol. The second-order valence-electron chi connectivity index (χ2n) is 5.63. The molecule has 0 radical (unpaired) electrons. The Labute approximate surface area is 128 Å². The summed E-state index contributed by atoms with van der Waals surface area (Å²) in [5.41, 5.74) is 0.751. The molecular weight excluding hydrogens is 288 g/mol. The molecule has 0 spiro atoms. The normalized spacial score (nSPS) is 19.5. The van der Waals surface area contributed by atoms with Gasteiger partial charge in [-0.05, 0) is 37.1 Å². The van der Waals surface area contributed by atoms with E-state index in [2.05, 4.69) is 15.0 Å². The Bertz CT molecular complexity index is 644. The number of aryl methyl sites for hydroxylation is 1. The van der Waals surface area contributed by atoms with Crippen LogP contribution in [-0.2, 0) is 13.0 Å². The fourth-order valence-corrected chi connectivity index (χ4v) is 2.88. The zero-order chi connectivity index (χ0) is 15.5. The zero-order valence-electron chi connectivity index (χ0n) is 12.6. The van der Waals surface area contributed by atoms with Crippen molar-refractivity contribution in [1.82, 2.24) is 15.0 Å². The number of benzene rings is 1. The van der Waals surface area contributed by atoms with Crippen molar-refractivity contribution < 1.29 is 13.3 Å². The van der Waals surface area contributed by atoms with E-state index in [4.69, 9.17) is 4.52 Å². The first-order chi connectivity index (χ1) is 10.7. The van der Waals surface area contributed by atoms with Crippen molar-refractivity contribution in [3.8, 4) is 0 Å². The fourth-order valence-electron chi connectivity index (χ4n) is 2.88. The molecule has 1 aromatic carbocycles. The molecule has 6 heteroatoms. The number of nitrogens with zero attached hydrogens (tertiary/aromatic N) is 3. The van der Waals surface area contributed by atoms with E-state index in [1.807, 2.05) is 6.92 Å². The molecule has 1 atom stereocenters. The van der Waals surface area contributed by atoms with Crippen molar-refractivity contribution in [2.24, 2.45) is 0 Å². The largest absolute Gasteiger partial charge is 0.338 e. The van der Waals surface area contributed by atoms with Crippen LogP contribution in [0.5, 0.6) is 0 Å². The van der Waals surface area contributed by atoms with Crippen LogP contribution in [0.25, 0.3) is 0 Å². The van der Waals surface area contributed by atoms with E-state index in [9.17, 15) is 8.78 Å². The molecule has 1 saturated heterocycles. The lowest BCUT2D eigenvalue weighted by Crippen LogP contribution is -2.33. The van der Waals surface area contributed by atoms with Crippen LogP contribution in [0.15, 0.2) is 22.7 Å². The lowest BCUT2D eigenvalue weighted by Gasteiger charge is -2.33. The van der Waals surface area contributed by atoms with E-state index in [1.165, 1.54) is 12.1 Å². The van der Waals surface area contributed by atoms with Gasteiger partial charge in [-0.3, -0.25) is 4.90 Å². The minimum absolute atomic E-state index is 0.0506. The summed E-state index contributed by atoms with van der Waals surface area (Å²) < 4.78 is 31.8. The van der Waals surface area contributed by atoms with Gasteiger partial charge >= 0.3 is 0 Å².